The minimum Gasteiger partial charge on any atom is -0.381 e. The summed E-state index contributed by atoms with van der Waals surface area (Å²) in [7, 11) is 0. The van der Waals surface area contributed by atoms with E-state index in [0.29, 0.717) is 9.39 Å². The fourth-order valence-corrected chi connectivity index (χ4v) is 2.33. The Bertz CT molecular complexity index is 441. The summed E-state index contributed by atoms with van der Waals surface area (Å²) in [5.41, 5.74) is 0.131. The molecule has 0 aliphatic carbocycles. The molecule has 2 rings (SSSR count). The SMILES string of the molecule is CC1(CNc2nc[nH]c(=O)c2I)CCOCC1. The van der Waals surface area contributed by atoms with Gasteiger partial charge >= 0.3 is 0 Å². The van der Waals surface area contributed by atoms with Gasteiger partial charge in [-0.15, -0.1) is 0 Å². The first-order valence-electron chi connectivity index (χ1n) is 5.66. The molecule has 5 nitrogen and oxygen atoms in total. The Balaban J connectivity index is 2.02. The topological polar surface area (TPSA) is 67.0 Å². The molecular weight excluding hydrogens is 333 g/mol. The molecule has 17 heavy (non-hydrogen) atoms. The lowest BCUT2D eigenvalue weighted by Gasteiger charge is -2.33. The lowest BCUT2D eigenvalue weighted by molar-refractivity contribution is 0.0299. The lowest BCUT2D eigenvalue weighted by atomic mass is 9.82. The Labute approximate surface area is 114 Å². The molecule has 2 heterocycles. The molecule has 1 aromatic heterocycles. The Morgan fingerprint density at radius 3 is 3.00 bits per heavy atom. The Morgan fingerprint density at radius 1 is 1.59 bits per heavy atom. The molecule has 0 saturated carbocycles. The van der Waals surface area contributed by atoms with E-state index in [-0.39, 0.29) is 11.0 Å². The highest BCUT2D eigenvalue weighted by Crippen LogP contribution is 2.29. The van der Waals surface area contributed by atoms with E-state index >= 15 is 0 Å². The van der Waals surface area contributed by atoms with Crippen molar-refractivity contribution in [3.8, 4) is 0 Å². The fraction of sp³-hybridized carbons (Fsp3) is 0.636. The predicted octanol–water partition coefficient (Wildman–Crippen LogP) is 1.60. The molecule has 1 aliphatic rings. The highest BCUT2D eigenvalue weighted by Gasteiger charge is 2.27. The van der Waals surface area contributed by atoms with Gasteiger partial charge in [0.25, 0.3) is 5.56 Å². The van der Waals surface area contributed by atoms with Crippen molar-refractivity contribution in [2.24, 2.45) is 5.41 Å². The molecule has 1 saturated heterocycles. The predicted molar refractivity (Wildman–Crippen MR) is 74.2 cm³/mol. The van der Waals surface area contributed by atoms with Gasteiger partial charge in [0.05, 0.1) is 6.33 Å². The maximum absolute atomic E-state index is 11.4. The third kappa shape index (κ3) is 3.19. The lowest BCUT2D eigenvalue weighted by Crippen LogP contribution is -2.33. The van der Waals surface area contributed by atoms with E-state index < -0.39 is 0 Å². The van der Waals surface area contributed by atoms with Crippen LogP contribution in [0.3, 0.4) is 0 Å². The number of nitrogens with zero attached hydrogens (tertiary/aromatic N) is 1. The first kappa shape index (κ1) is 12.8. The molecule has 1 fully saturated rings. The van der Waals surface area contributed by atoms with Crippen LogP contribution in [0.15, 0.2) is 11.1 Å². The van der Waals surface area contributed by atoms with Crippen LogP contribution in [-0.2, 0) is 4.74 Å². The standard InChI is InChI=1S/C11H16IN3O2/c1-11(2-4-17-5-3-11)6-13-9-8(12)10(16)15-7-14-9/h7H,2-6H2,1H3,(H2,13,14,15,16). The van der Waals surface area contributed by atoms with Gasteiger partial charge in [-0.1, -0.05) is 6.92 Å². The van der Waals surface area contributed by atoms with Crippen molar-refractivity contribution in [2.45, 2.75) is 19.8 Å². The zero-order valence-electron chi connectivity index (χ0n) is 9.75. The van der Waals surface area contributed by atoms with Gasteiger partial charge in [0.2, 0.25) is 0 Å². The zero-order valence-corrected chi connectivity index (χ0v) is 11.9. The summed E-state index contributed by atoms with van der Waals surface area (Å²) in [5.74, 6) is 0.669. The van der Waals surface area contributed by atoms with Crippen molar-refractivity contribution >= 4 is 28.4 Å². The minimum absolute atomic E-state index is 0.0970. The molecule has 0 radical (unpaired) electrons. The molecule has 0 unspecified atom stereocenters. The second kappa shape index (κ2) is 5.34. The number of hydrogen-bond acceptors (Lipinski definition) is 4. The van der Waals surface area contributed by atoms with Crippen LogP contribution in [0, 0.1) is 8.99 Å². The van der Waals surface area contributed by atoms with E-state index in [9.17, 15) is 4.79 Å². The molecule has 0 bridgehead atoms. The number of ether oxygens (including phenoxy) is 1. The van der Waals surface area contributed by atoms with Crippen molar-refractivity contribution in [1.82, 2.24) is 9.97 Å². The normalized spacial score (nSPS) is 18.9. The summed E-state index contributed by atoms with van der Waals surface area (Å²) < 4.78 is 5.97. The molecule has 1 aliphatic heterocycles. The number of nitrogens with one attached hydrogen (secondary N) is 2. The van der Waals surface area contributed by atoms with Crippen LogP contribution in [-0.4, -0.2) is 29.7 Å². The molecule has 0 aromatic carbocycles. The molecule has 94 valence electrons. The van der Waals surface area contributed by atoms with Gasteiger partial charge in [0.1, 0.15) is 9.39 Å². The van der Waals surface area contributed by atoms with Gasteiger partial charge in [-0.05, 0) is 40.8 Å². The highest BCUT2D eigenvalue weighted by atomic mass is 127. The summed E-state index contributed by atoms with van der Waals surface area (Å²) in [4.78, 5) is 18.1. The summed E-state index contributed by atoms with van der Waals surface area (Å²) in [5, 5.41) is 3.27. The summed E-state index contributed by atoms with van der Waals surface area (Å²) in [6, 6.07) is 0. The number of aromatic amines is 1. The van der Waals surface area contributed by atoms with Gasteiger partial charge in [0.15, 0.2) is 0 Å². The van der Waals surface area contributed by atoms with Gasteiger partial charge < -0.3 is 15.0 Å². The van der Waals surface area contributed by atoms with Crippen LogP contribution in [0.25, 0.3) is 0 Å². The van der Waals surface area contributed by atoms with Crippen molar-refractivity contribution < 1.29 is 4.74 Å². The molecule has 0 amide bonds. The van der Waals surface area contributed by atoms with Crippen LogP contribution in [0.5, 0.6) is 0 Å². The second-order valence-electron chi connectivity index (χ2n) is 4.67. The van der Waals surface area contributed by atoms with E-state index in [4.69, 9.17) is 4.74 Å². The van der Waals surface area contributed by atoms with Gasteiger partial charge in [-0.3, -0.25) is 4.79 Å². The highest BCUT2D eigenvalue weighted by molar-refractivity contribution is 14.1. The monoisotopic (exact) mass is 349 g/mol. The van der Waals surface area contributed by atoms with Gasteiger partial charge in [-0.2, -0.15) is 0 Å². The Kier molecular flexibility index (Phi) is 4.03. The zero-order chi connectivity index (χ0) is 12.3. The third-order valence-electron chi connectivity index (χ3n) is 3.18. The fourth-order valence-electron chi connectivity index (χ4n) is 1.84. The number of H-pyrrole nitrogens is 1. The van der Waals surface area contributed by atoms with Gasteiger partial charge in [-0.25, -0.2) is 4.98 Å². The first-order valence-corrected chi connectivity index (χ1v) is 6.73. The summed E-state index contributed by atoms with van der Waals surface area (Å²) in [6.07, 6.45) is 3.51. The number of hydrogen-bond donors (Lipinski definition) is 2. The summed E-state index contributed by atoms with van der Waals surface area (Å²) in [6.45, 7) is 4.70. The average molecular weight is 349 g/mol. The molecule has 0 spiro atoms. The van der Waals surface area contributed by atoms with Crippen LogP contribution in [0.4, 0.5) is 5.82 Å². The van der Waals surface area contributed by atoms with Crippen LogP contribution < -0.4 is 10.9 Å². The van der Waals surface area contributed by atoms with Crippen molar-refractivity contribution in [3.05, 3.63) is 20.3 Å². The first-order chi connectivity index (χ1) is 8.11. The maximum Gasteiger partial charge on any atom is 0.266 e. The molecule has 2 N–H and O–H groups in total. The number of halogens is 1. The van der Waals surface area contributed by atoms with E-state index in [1.165, 1.54) is 6.33 Å². The molecular formula is C11H16IN3O2. The number of aromatic nitrogens is 2. The van der Waals surface area contributed by atoms with Crippen LogP contribution in [0.2, 0.25) is 0 Å². The molecule has 6 heteroatoms. The molecule has 1 aromatic rings. The third-order valence-corrected chi connectivity index (χ3v) is 4.18. The van der Waals surface area contributed by atoms with E-state index in [1.807, 2.05) is 22.6 Å². The molecule has 0 atom stereocenters. The Morgan fingerprint density at radius 2 is 2.29 bits per heavy atom. The summed E-state index contributed by atoms with van der Waals surface area (Å²) >= 11 is 2.01. The van der Waals surface area contributed by atoms with E-state index in [1.54, 1.807) is 0 Å². The minimum atomic E-state index is -0.0970. The average Bonchev–Trinajstić information content (AvgIpc) is 2.32. The van der Waals surface area contributed by atoms with Crippen molar-refractivity contribution in [2.75, 3.05) is 25.1 Å². The van der Waals surface area contributed by atoms with E-state index in [0.717, 1.165) is 32.6 Å². The number of anilines is 1. The Hall–Kier alpha value is -0.630. The van der Waals surface area contributed by atoms with Crippen molar-refractivity contribution in [3.63, 3.8) is 0 Å². The van der Waals surface area contributed by atoms with E-state index in [2.05, 4.69) is 22.2 Å². The smallest absolute Gasteiger partial charge is 0.266 e. The van der Waals surface area contributed by atoms with Crippen LogP contribution in [0.1, 0.15) is 19.8 Å². The van der Waals surface area contributed by atoms with Gasteiger partial charge in [0, 0.05) is 19.8 Å². The number of rotatable bonds is 3. The maximum atomic E-state index is 11.4. The largest absolute Gasteiger partial charge is 0.381 e. The quantitative estimate of drug-likeness (QED) is 0.814. The van der Waals surface area contributed by atoms with Crippen molar-refractivity contribution in [1.29, 1.82) is 0 Å². The van der Waals surface area contributed by atoms with Crippen LogP contribution >= 0.6 is 22.6 Å². The second-order valence-corrected chi connectivity index (χ2v) is 5.75.